The van der Waals surface area contributed by atoms with Gasteiger partial charge in [0.15, 0.2) is 29.8 Å². The number of nitrogens with zero attached hydrogens (tertiary/aromatic N) is 5. The average molecular weight is 518 g/mol. The smallest absolute Gasteiger partial charge is 0.276 e. The summed E-state index contributed by atoms with van der Waals surface area (Å²) in [6.07, 6.45) is 3.66. The Morgan fingerprint density at radius 3 is 2.94 bits per heavy atom. The van der Waals surface area contributed by atoms with E-state index in [-0.39, 0.29) is 23.1 Å². The fourth-order valence-corrected chi connectivity index (χ4v) is 6.38. The van der Waals surface area contributed by atoms with Gasteiger partial charge >= 0.3 is 0 Å². The Labute approximate surface area is 203 Å². The lowest BCUT2D eigenvalue weighted by Gasteiger charge is -2.50. The van der Waals surface area contributed by atoms with Crippen molar-refractivity contribution in [2.24, 2.45) is 5.16 Å². The number of fused-ring (bicyclic) bond motifs is 2. The van der Waals surface area contributed by atoms with Gasteiger partial charge in [-0.05, 0) is 0 Å². The van der Waals surface area contributed by atoms with Crippen LogP contribution in [-0.2, 0) is 20.9 Å². The van der Waals surface area contributed by atoms with E-state index in [0.29, 0.717) is 11.3 Å². The zero-order valence-electron chi connectivity index (χ0n) is 17.1. The molecular weight excluding hydrogens is 502 g/mol. The van der Waals surface area contributed by atoms with Crippen LogP contribution < -0.4 is 20.7 Å². The molecule has 0 saturated carbocycles. The maximum absolute atomic E-state index is 12.9. The Bertz CT molecular complexity index is 1400. The van der Waals surface area contributed by atoms with Gasteiger partial charge in [0, 0.05) is 22.8 Å². The van der Waals surface area contributed by atoms with Crippen LogP contribution in [0.5, 0.6) is 0 Å². The Balaban J connectivity index is 1.35. The Morgan fingerprint density at radius 2 is 2.24 bits per heavy atom. The van der Waals surface area contributed by atoms with Gasteiger partial charge in [0.25, 0.3) is 11.8 Å². The molecule has 34 heavy (non-hydrogen) atoms. The number of nitrogens with one attached hydrogen (secondary N) is 1. The molecule has 2 atom stereocenters. The van der Waals surface area contributed by atoms with E-state index in [1.165, 1.54) is 28.5 Å². The number of thioether (sulfide) groups is 1. The first-order valence-corrected chi connectivity index (χ1v) is 12.5. The fraction of sp³-hybridized carbons (Fsp3) is 0.211. The molecule has 3 aromatic heterocycles. The fourth-order valence-electron chi connectivity index (χ4n) is 3.78. The van der Waals surface area contributed by atoms with Gasteiger partial charge in [-0.2, -0.15) is 4.57 Å². The third-order valence-electron chi connectivity index (χ3n) is 5.31. The van der Waals surface area contributed by atoms with Crippen molar-refractivity contribution in [3.05, 3.63) is 46.3 Å². The molecule has 5 heterocycles. The van der Waals surface area contributed by atoms with Crippen LogP contribution in [0.4, 0.5) is 5.13 Å². The van der Waals surface area contributed by atoms with Gasteiger partial charge in [-0.25, -0.2) is 9.97 Å². The molecule has 2 aliphatic heterocycles. The minimum atomic E-state index is -1.46. The summed E-state index contributed by atoms with van der Waals surface area (Å²) < 4.78 is 2.78. The number of thiazole rings is 2. The normalized spacial score (nSPS) is 20.3. The zero-order valence-corrected chi connectivity index (χ0v) is 19.5. The van der Waals surface area contributed by atoms with Crippen molar-refractivity contribution in [2.75, 3.05) is 11.5 Å². The number of aliphatic carboxylic acids is 1. The number of aromatic nitrogens is 3. The number of β-lactam (4-membered cyclic amide) rings is 1. The van der Waals surface area contributed by atoms with Gasteiger partial charge in [0.05, 0.1) is 22.7 Å². The number of hydrogen-bond acceptors (Lipinski definition) is 12. The van der Waals surface area contributed by atoms with Gasteiger partial charge in [-0.15, -0.1) is 34.4 Å². The molecular formula is C19H15N7O5S3. The van der Waals surface area contributed by atoms with E-state index in [2.05, 4.69) is 20.4 Å². The number of carbonyl (C=O) groups excluding carboxylic acids is 3. The maximum Gasteiger partial charge on any atom is 0.276 e. The molecule has 12 nitrogen and oxygen atoms in total. The second-order valence-electron chi connectivity index (χ2n) is 7.34. The monoisotopic (exact) mass is 517 g/mol. The van der Waals surface area contributed by atoms with Crippen LogP contribution in [0, 0.1) is 0 Å². The summed E-state index contributed by atoms with van der Waals surface area (Å²) in [5.41, 5.74) is 8.12. The number of oxime groups is 1. The standard InChI is InChI=1S/C19H15N7O5S3/c20-19-22-10(6-33-19)12(24-31)15(27)23-13-16(28)26-14(18(29)30)8(5-32-17(13)26)3-25-2-1-9-11(4-25)34-7-21-9/h1-2,4,6-7,13,17H,3,5H2,(H4-,20,22,23,27,29,30,31)/t13?,17-/m0/s1. The number of hydrogen-bond donors (Lipinski definition) is 3. The first-order chi connectivity index (χ1) is 16.4. The predicted molar refractivity (Wildman–Crippen MR) is 122 cm³/mol. The van der Waals surface area contributed by atoms with Crippen molar-refractivity contribution >= 4 is 73.3 Å². The molecule has 174 valence electrons. The molecule has 0 bridgehead atoms. The van der Waals surface area contributed by atoms with E-state index in [1.807, 2.05) is 16.8 Å². The van der Waals surface area contributed by atoms with Crippen molar-refractivity contribution in [1.82, 2.24) is 20.2 Å². The number of pyridine rings is 1. The molecule has 0 aliphatic carbocycles. The number of anilines is 1. The number of nitrogen functional groups attached to an aromatic ring is 1. The van der Waals surface area contributed by atoms with Gasteiger partial charge in [0.2, 0.25) is 0 Å². The van der Waals surface area contributed by atoms with Crippen molar-refractivity contribution in [3.63, 3.8) is 0 Å². The first kappa shape index (κ1) is 22.2. The van der Waals surface area contributed by atoms with Gasteiger partial charge in [-0.1, -0.05) is 5.16 Å². The van der Waals surface area contributed by atoms with Crippen LogP contribution in [0.1, 0.15) is 5.69 Å². The number of amides is 2. The van der Waals surface area contributed by atoms with E-state index in [9.17, 15) is 24.7 Å². The van der Waals surface area contributed by atoms with Crippen molar-refractivity contribution in [1.29, 1.82) is 0 Å². The van der Waals surface area contributed by atoms with E-state index >= 15 is 0 Å². The Hall–Kier alpha value is -3.56. The minimum absolute atomic E-state index is 0.0648. The first-order valence-electron chi connectivity index (χ1n) is 9.72. The lowest BCUT2D eigenvalue weighted by molar-refractivity contribution is -0.687. The second kappa shape index (κ2) is 8.66. The molecule has 0 radical (unpaired) electrons. The number of rotatable bonds is 6. The molecule has 3 aromatic rings. The number of nitrogens with two attached hydrogens (primary N) is 1. The second-order valence-corrected chi connectivity index (χ2v) is 10.2. The van der Waals surface area contributed by atoms with Gasteiger partial charge < -0.3 is 26.2 Å². The number of carbonyl (C=O) groups is 3. The average Bonchev–Trinajstić information content (AvgIpc) is 3.46. The van der Waals surface area contributed by atoms with Crippen LogP contribution in [-0.4, -0.2) is 60.7 Å². The SMILES string of the molecule is Nc1nc(C(=NO)C(=O)NC2C(=O)N3C(C(=O)[O-])=C(C[n+]4ccc5ncsc5c4)CS[C@@H]23)cs1. The summed E-state index contributed by atoms with van der Waals surface area (Å²) in [4.78, 5) is 46.7. The van der Waals surface area contributed by atoms with Crippen molar-refractivity contribution in [3.8, 4) is 0 Å². The molecule has 0 aromatic carbocycles. The van der Waals surface area contributed by atoms with E-state index in [1.54, 1.807) is 11.7 Å². The molecule has 0 spiro atoms. The summed E-state index contributed by atoms with van der Waals surface area (Å²) in [5, 5.41) is 27.7. The lowest BCUT2D eigenvalue weighted by Crippen LogP contribution is -2.71. The molecule has 1 saturated heterocycles. The molecule has 4 N–H and O–H groups in total. The zero-order chi connectivity index (χ0) is 24.0. The molecule has 2 aliphatic rings. The summed E-state index contributed by atoms with van der Waals surface area (Å²) in [6, 6.07) is 0.836. The Morgan fingerprint density at radius 1 is 1.41 bits per heavy atom. The molecule has 15 heteroatoms. The van der Waals surface area contributed by atoms with E-state index in [0.717, 1.165) is 26.5 Å². The maximum atomic E-state index is 12.9. The molecule has 1 fully saturated rings. The lowest BCUT2D eigenvalue weighted by atomic mass is 10.0. The molecule has 2 amide bonds. The number of carboxylic acids is 1. The Kier molecular flexibility index (Phi) is 5.66. The van der Waals surface area contributed by atoms with Crippen LogP contribution in [0.3, 0.4) is 0 Å². The van der Waals surface area contributed by atoms with E-state index < -0.39 is 34.9 Å². The van der Waals surface area contributed by atoms with Crippen LogP contribution in [0.25, 0.3) is 10.2 Å². The highest BCUT2D eigenvalue weighted by Crippen LogP contribution is 2.40. The van der Waals surface area contributed by atoms with Crippen molar-refractivity contribution in [2.45, 2.75) is 18.0 Å². The third-order valence-corrected chi connectivity index (χ3v) is 8.10. The van der Waals surface area contributed by atoms with Crippen LogP contribution in [0.15, 0.2) is 45.8 Å². The summed E-state index contributed by atoms with van der Waals surface area (Å²) >= 11 is 3.85. The van der Waals surface area contributed by atoms with Crippen molar-refractivity contribution < 1.29 is 29.3 Å². The van der Waals surface area contributed by atoms with E-state index in [4.69, 9.17) is 5.73 Å². The summed E-state index contributed by atoms with van der Waals surface area (Å²) in [6.45, 7) is 0.254. The third kappa shape index (κ3) is 3.76. The molecule has 1 unspecified atom stereocenters. The largest absolute Gasteiger partial charge is 0.543 e. The highest BCUT2D eigenvalue weighted by atomic mass is 32.2. The topological polar surface area (TPSA) is 178 Å². The summed E-state index contributed by atoms with van der Waals surface area (Å²) in [7, 11) is 0. The van der Waals surface area contributed by atoms with Gasteiger partial charge in [0.1, 0.15) is 21.8 Å². The summed E-state index contributed by atoms with van der Waals surface area (Å²) in [5.74, 6) is -2.57. The number of carboxylic acid groups (broad SMARTS) is 1. The highest BCUT2D eigenvalue weighted by molar-refractivity contribution is 8.00. The predicted octanol–water partition coefficient (Wildman–Crippen LogP) is -1.10. The van der Waals surface area contributed by atoms with Crippen LogP contribution in [0.2, 0.25) is 0 Å². The molecule has 5 rings (SSSR count). The quantitative estimate of drug-likeness (QED) is 0.120. The van der Waals surface area contributed by atoms with Gasteiger partial charge in [-0.3, -0.25) is 14.5 Å². The van der Waals surface area contributed by atoms with Crippen LogP contribution >= 0.6 is 34.4 Å². The highest BCUT2D eigenvalue weighted by Gasteiger charge is 2.53. The minimum Gasteiger partial charge on any atom is -0.543 e.